The second-order valence-electron chi connectivity index (χ2n) is 12.3. The van der Waals surface area contributed by atoms with Crippen LogP contribution in [-0.2, 0) is 35.3 Å². The summed E-state index contributed by atoms with van der Waals surface area (Å²) in [6.07, 6.45) is 6.08. The lowest BCUT2D eigenvalue weighted by atomic mass is 9.58. The molecule has 210 valence electrons. The summed E-state index contributed by atoms with van der Waals surface area (Å²) >= 11 is 0. The molecule has 0 aromatic heterocycles. The third kappa shape index (κ3) is 4.69. The van der Waals surface area contributed by atoms with Crippen molar-refractivity contribution in [3.8, 4) is 0 Å². The molecule has 0 saturated carbocycles. The van der Waals surface area contributed by atoms with Gasteiger partial charge in [0.2, 0.25) is 0 Å². The van der Waals surface area contributed by atoms with E-state index in [0.717, 1.165) is 32.2 Å². The molecule has 1 aliphatic carbocycles. The lowest BCUT2D eigenvalue weighted by molar-refractivity contribution is -0.151. The van der Waals surface area contributed by atoms with Crippen molar-refractivity contribution in [1.29, 1.82) is 0 Å². The number of hydrogen-bond donors (Lipinski definition) is 1. The minimum absolute atomic E-state index is 0.0266. The quantitative estimate of drug-likeness (QED) is 0.144. The van der Waals surface area contributed by atoms with E-state index < -0.39 is 5.41 Å². The molecule has 4 nitrogen and oxygen atoms in total. The fourth-order valence-corrected chi connectivity index (χ4v) is 7.41. The molecule has 1 heterocycles. The maximum absolute atomic E-state index is 13.0. The monoisotopic (exact) mass is 544 g/mol. The van der Waals surface area contributed by atoms with Crippen LogP contribution in [0.25, 0.3) is 10.8 Å². The number of esters is 1. The summed E-state index contributed by atoms with van der Waals surface area (Å²) in [6, 6.07) is 24.1. The first kappa shape index (κ1) is 27.4. The van der Waals surface area contributed by atoms with Crippen molar-refractivity contribution in [2.45, 2.75) is 72.8 Å². The standard InChI is InChI=1S/C36H41BN2O2/c1-6-7-9-18-28-24(2)29-21-36(4,35(40)41-5)22-30(29)25(3)34(28)37-38-31-19-12-16-27-17-13-20-32(33(27)31)39(37)23-26-14-10-8-11-15-26/h8,10-17,19-20,38H,6-7,9,18,21-23H2,1-5H3. The van der Waals surface area contributed by atoms with Gasteiger partial charge in [-0.05, 0) is 103 Å². The van der Waals surface area contributed by atoms with Gasteiger partial charge in [-0.25, -0.2) is 0 Å². The maximum atomic E-state index is 13.0. The predicted octanol–water partition coefficient (Wildman–Crippen LogP) is 7.29. The molecule has 4 aromatic rings. The van der Waals surface area contributed by atoms with E-state index in [1.165, 1.54) is 80.9 Å². The average molecular weight is 545 g/mol. The molecule has 0 saturated heterocycles. The van der Waals surface area contributed by atoms with Crippen LogP contribution < -0.4 is 15.5 Å². The lowest BCUT2D eigenvalue weighted by Crippen LogP contribution is -2.58. The number of carbonyl (C=O) groups is 1. The van der Waals surface area contributed by atoms with E-state index in [0.29, 0.717) is 0 Å². The van der Waals surface area contributed by atoms with Crippen molar-refractivity contribution in [1.82, 2.24) is 0 Å². The zero-order valence-corrected chi connectivity index (χ0v) is 25.1. The highest BCUT2D eigenvalue weighted by Gasteiger charge is 2.45. The summed E-state index contributed by atoms with van der Waals surface area (Å²) in [4.78, 5) is 15.5. The molecule has 1 unspecified atom stereocenters. The van der Waals surface area contributed by atoms with Crippen LogP contribution >= 0.6 is 0 Å². The molecule has 6 rings (SSSR count). The number of ether oxygens (including phenoxy) is 1. The van der Waals surface area contributed by atoms with Crippen molar-refractivity contribution in [3.63, 3.8) is 0 Å². The van der Waals surface area contributed by atoms with Crippen LogP contribution in [0.15, 0.2) is 66.7 Å². The van der Waals surface area contributed by atoms with Gasteiger partial charge >= 0.3 is 13.0 Å². The van der Waals surface area contributed by atoms with E-state index in [4.69, 9.17) is 4.74 Å². The topological polar surface area (TPSA) is 41.6 Å². The molecular formula is C36H41BN2O2. The molecule has 0 fully saturated rings. The van der Waals surface area contributed by atoms with Crippen LogP contribution in [0.4, 0.5) is 11.4 Å². The second-order valence-corrected chi connectivity index (χ2v) is 12.3. The molecule has 0 spiro atoms. The molecular weight excluding hydrogens is 503 g/mol. The van der Waals surface area contributed by atoms with Gasteiger partial charge in [-0.2, -0.15) is 0 Å². The normalized spacial score (nSPS) is 17.5. The summed E-state index contributed by atoms with van der Waals surface area (Å²) in [5.41, 5.74) is 11.4. The Morgan fingerprint density at radius 3 is 2.37 bits per heavy atom. The van der Waals surface area contributed by atoms with E-state index in [1.54, 1.807) is 0 Å². The largest absolute Gasteiger partial charge is 0.469 e. The molecule has 4 aromatic carbocycles. The number of unbranched alkanes of at least 4 members (excludes halogenated alkanes) is 2. The molecule has 0 radical (unpaired) electrons. The summed E-state index contributed by atoms with van der Waals surface area (Å²) in [5.74, 6) is -0.108. The van der Waals surface area contributed by atoms with Crippen LogP contribution in [0.3, 0.4) is 0 Å². The van der Waals surface area contributed by atoms with Gasteiger partial charge < -0.3 is 14.8 Å². The van der Waals surface area contributed by atoms with Crippen LogP contribution in [0.5, 0.6) is 0 Å². The zero-order valence-electron chi connectivity index (χ0n) is 25.1. The first-order valence-electron chi connectivity index (χ1n) is 15.2. The molecule has 1 aliphatic heterocycles. The van der Waals surface area contributed by atoms with Gasteiger partial charge in [0.1, 0.15) is 0 Å². The summed E-state index contributed by atoms with van der Waals surface area (Å²) in [7, 11) is 1.52. The molecule has 41 heavy (non-hydrogen) atoms. The molecule has 1 atom stereocenters. The molecule has 5 heteroatoms. The van der Waals surface area contributed by atoms with E-state index in [-0.39, 0.29) is 13.0 Å². The molecule has 0 bridgehead atoms. The van der Waals surface area contributed by atoms with Gasteiger partial charge in [0.25, 0.3) is 0 Å². The van der Waals surface area contributed by atoms with Crippen molar-refractivity contribution in [2.75, 3.05) is 17.1 Å². The third-order valence-corrected chi connectivity index (χ3v) is 9.56. The summed E-state index contributed by atoms with van der Waals surface area (Å²) in [5, 5.41) is 6.56. The van der Waals surface area contributed by atoms with Crippen molar-refractivity contribution in [3.05, 3.63) is 100 Å². The van der Waals surface area contributed by atoms with Crippen LogP contribution in [0.2, 0.25) is 0 Å². The number of nitrogens with one attached hydrogen (secondary N) is 1. The van der Waals surface area contributed by atoms with E-state index >= 15 is 0 Å². The van der Waals surface area contributed by atoms with Crippen molar-refractivity contribution in [2.24, 2.45) is 5.41 Å². The zero-order chi connectivity index (χ0) is 28.7. The summed E-state index contributed by atoms with van der Waals surface area (Å²) in [6.45, 7) is 9.71. The number of fused-ring (bicyclic) bond motifs is 1. The third-order valence-electron chi connectivity index (χ3n) is 9.56. The fourth-order valence-electron chi connectivity index (χ4n) is 7.41. The Hall–Kier alpha value is -3.73. The number of methoxy groups -OCH3 is 1. The SMILES string of the molecule is CCCCCc1c(C)c2c(c(C)c1B1Nc3cccc4cccc(c34)N1Cc1ccccc1)CC(C)(C(=O)OC)C2. The smallest absolute Gasteiger partial charge is 0.409 e. The fraction of sp³-hybridized carbons (Fsp3) is 0.361. The van der Waals surface area contributed by atoms with Crippen molar-refractivity contribution >= 4 is 40.6 Å². The van der Waals surface area contributed by atoms with Gasteiger partial charge in [-0.1, -0.05) is 74.4 Å². The maximum Gasteiger partial charge on any atom is 0.409 e. The predicted molar refractivity (Wildman–Crippen MR) is 172 cm³/mol. The van der Waals surface area contributed by atoms with Gasteiger partial charge in [-0.3, -0.25) is 4.79 Å². The highest BCUT2D eigenvalue weighted by atomic mass is 16.5. The molecule has 1 N–H and O–H groups in total. The van der Waals surface area contributed by atoms with E-state index in [9.17, 15) is 4.79 Å². The van der Waals surface area contributed by atoms with Crippen LogP contribution in [0.1, 0.15) is 66.5 Å². The number of benzene rings is 4. The highest BCUT2D eigenvalue weighted by molar-refractivity contribution is 6.81. The molecule has 2 aliphatic rings. The Bertz CT molecular complexity index is 1610. The van der Waals surface area contributed by atoms with Gasteiger partial charge in [0.15, 0.2) is 0 Å². The van der Waals surface area contributed by atoms with Crippen LogP contribution in [0, 0.1) is 19.3 Å². The van der Waals surface area contributed by atoms with Gasteiger partial charge in [-0.15, -0.1) is 0 Å². The summed E-state index contributed by atoms with van der Waals surface area (Å²) < 4.78 is 5.30. The lowest BCUT2D eigenvalue weighted by Gasteiger charge is -2.40. The van der Waals surface area contributed by atoms with Gasteiger partial charge in [0.05, 0.1) is 12.5 Å². The minimum Gasteiger partial charge on any atom is -0.469 e. The van der Waals surface area contributed by atoms with Gasteiger partial charge in [0, 0.05) is 23.3 Å². The Morgan fingerprint density at radius 1 is 0.951 bits per heavy atom. The number of carbonyl (C=O) groups excluding carboxylic acids is 1. The first-order valence-corrected chi connectivity index (χ1v) is 15.2. The number of anilines is 2. The number of hydrogen-bond acceptors (Lipinski definition) is 4. The van der Waals surface area contributed by atoms with Crippen molar-refractivity contribution < 1.29 is 9.53 Å². The van der Waals surface area contributed by atoms with E-state index in [2.05, 4.69) is 104 Å². The second kappa shape index (κ2) is 10.9. The van der Waals surface area contributed by atoms with E-state index in [1.807, 2.05) is 0 Å². The van der Waals surface area contributed by atoms with Crippen LogP contribution in [-0.4, -0.2) is 20.1 Å². The number of rotatable bonds is 8. The average Bonchev–Trinajstić information content (AvgIpc) is 3.37. The Kier molecular flexibility index (Phi) is 7.31. The Labute approximate surface area is 245 Å². The highest BCUT2D eigenvalue weighted by Crippen LogP contribution is 2.43. The Balaban J connectivity index is 1.56. The minimum atomic E-state index is -0.520. The molecule has 0 amide bonds. The first-order chi connectivity index (χ1) is 19.9. The number of nitrogens with zero attached hydrogens (tertiary/aromatic N) is 1. The Morgan fingerprint density at radius 2 is 1.66 bits per heavy atom.